The Labute approximate surface area is 183 Å². The van der Waals surface area contributed by atoms with Gasteiger partial charge in [-0.25, -0.2) is 4.79 Å². The molecule has 7 nitrogen and oxygen atoms in total. The van der Waals surface area contributed by atoms with Gasteiger partial charge in [-0.05, 0) is 74.5 Å². The van der Waals surface area contributed by atoms with Crippen LogP contribution >= 0.6 is 0 Å². The average molecular weight is 427 g/mol. The largest absolute Gasteiger partial charge is 0.493 e. The fourth-order valence-electron chi connectivity index (χ4n) is 6.44. The zero-order valence-corrected chi connectivity index (χ0v) is 18.3. The van der Waals surface area contributed by atoms with Crippen LogP contribution in [0.5, 0.6) is 11.5 Å². The second-order valence-electron chi connectivity index (χ2n) is 9.24. The van der Waals surface area contributed by atoms with Crippen LogP contribution in [0.4, 0.5) is 0 Å². The Morgan fingerprint density at radius 3 is 2.23 bits per heavy atom. The van der Waals surface area contributed by atoms with Crippen molar-refractivity contribution >= 4 is 11.9 Å². The van der Waals surface area contributed by atoms with E-state index in [0.717, 1.165) is 19.3 Å². The summed E-state index contributed by atoms with van der Waals surface area (Å²) in [5, 5.41) is 9.14. The third-order valence-electron chi connectivity index (χ3n) is 7.27. The van der Waals surface area contributed by atoms with E-state index in [9.17, 15) is 9.59 Å². The SMILES string of the molecule is COc1ccc(C(=O)OCC(=O)N(CCC#N)C23CC4CC(CC(C4)C2)C3)cc1OC. The molecule has 4 bridgehead atoms. The normalized spacial score (nSPS) is 28.0. The number of hydrogen-bond donors (Lipinski definition) is 0. The number of methoxy groups -OCH3 is 2. The lowest BCUT2D eigenvalue weighted by Gasteiger charge is -2.60. The Morgan fingerprint density at radius 1 is 1.06 bits per heavy atom. The van der Waals surface area contributed by atoms with Gasteiger partial charge in [0, 0.05) is 12.1 Å². The molecule has 31 heavy (non-hydrogen) atoms. The van der Waals surface area contributed by atoms with Crippen molar-refractivity contribution in [1.29, 1.82) is 5.26 Å². The smallest absolute Gasteiger partial charge is 0.338 e. The summed E-state index contributed by atoms with van der Waals surface area (Å²) in [6.07, 6.45) is 7.14. The molecule has 4 aliphatic carbocycles. The van der Waals surface area contributed by atoms with Crippen molar-refractivity contribution in [3.63, 3.8) is 0 Å². The molecule has 5 rings (SSSR count). The summed E-state index contributed by atoms with van der Waals surface area (Å²) >= 11 is 0. The Hall–Kier alpha value is -2.75. The molecule has 0 radical (unpaired) electrons. The molecule has 0 unspecified atom stereocenters. The minimum absolute atomic E-state index is 0.168. The van der Waals surface area contributed by atoms with Crippen molar-refractivity contribution in [2.24, 2.45) is 17.8 Å². The van der Waals surface area contributed by atoms with Crippen LogP contribution in [0.2, 0.25) is 0 Å². The number of ether oxygens (including phenoxy) is 3. The molecule has 0 spiro atoms. The molecule has 4 saturated carbocycles. The molecule has 4 aliphatic rings. The minimum Gasteiger partial charge on any atom is -0.493 e. The van der Waals surface area contributed by atoms with Gasteiger partial charge in [0.25, 0.3) is 5.91 Å². The highest BCUT2D eigenvalue weighted by atomic mass is 16.5. The molecular formula is C24H30N2O5. The summed E-state index contributed by atoms with van der Waals surface area (Å²) in [5.74, 6) is 2.19. The number of nitrogens with zero attached hydrogens (tertiary/aromatic N) is 2. The van der Waals surface area contributed by atoms with Crippen LogP contribution in [0.1, 0.15) is 55.3 Å². The van der Waals surface area contributed by atoms with Crippen LogP contribution < -0.4 is 9.47 Å². The summed E-state index contributed by atoms with van der Waals surface area (Å²) < 4.78 is 15.8. The van der Waals surface area contributed by atoms with E-state index >= 15 is 0 Å². The van der Waals surface area contributed by atoms with Crippen LogP contribution in [0.3, 0.4) is 0 Å². The van der Waals surface area contributed by atoms with Crippen LogP contribution in [0.15, 0.2) is 18.2 Å². The zero-order chi connectivity index (χ0) is 22.0. The summed E-state index contributed by atoms with van der Waals surface area (Å²) in [4.78, 5) is 27.7. The summed E-state index contributed by atoms with van der Waals surface area (Å²) in [6.45, 7) is 0.0791. The number of esters is 1. The highest BCUT2D eigenvalue weighted by molar-refractivity contribution is 5.92. The first kappa shape index (κ1) is 21.5. The fourth-order valence-corrected chi connectivity index (χ4v) is 6.44. The van der Waals surface area contributed by atoms with Crippen LogP contribution in [0, 0.1) is 29.1 Å². The number of hydrogen-bond acceptors (Lipinski definition) is 6. The van der Waals surface area contributed by atoms with Crippen LogP contribution in [-0.2, 0) is 9.53 Å². The Bertz CT molecular complexity index is 855. The lowest BCUT2D eigenvalue weighted by atomic mass is 9.52. The van der Waals surface area contributed by atoms with Gasteiger partial charge in [-0.1, -0.05) is 0 Å². The first-order chi connectivity index (χ1) is 15.0. The van der Waals surface area contributed by atoms with Gasteiger partial charge in [-0.2, -0.15) is 5.26 Å². The van der Waals surface area contributed by atoms with E-state index in [-0.39, 0.29) is 24.5 Å². The maximum atomic E-state index is 13.2. The third-order valence-corrected chi connectivity index (χ3v) is 7.27. The number of amides is 1. The van der Waals surface area contributed by atoms with E-state index in [1.54, 1.807) is 12.1 Å². The van der Waals surface area contributed by atoms with Gasteiger partial charge in [0.2, 0.25) is 0 Å². The monoisotopic (exact) mass is 426 g/mol. The standard InChI is InChI=1S/C24H30N2O5/c1-29-20-5-4-19(11-21(20)30-2)23(28)31-15-22(27)26(7-3-6-25)24-12-16-8-17(13-24)10-18(9-16)14-24/h4-5,11,16-18H,3,7-10,12-15H2,1-2H3. The van der Waals surface area contributed by atoms with E-state index in [1.807, 2.05) is 4.90 Å². The number of nitriles is 1. The molecule has 1 aromatic rings. The molecule has 4 fully saturated rings. The third kappa shape index (κ3) is 4.21. The first-order valence-corrected chi connectivity index (χ1v) is 11.0. The summed E-state index contributed by atoms with van der Waals surface area (Å²) in [7, 11) is 3.02. The van der Waals surface area contributed by atoms with Crippen molar-refractivity contribution in [2.75, 3.05) is 27.4 Å². The van der Waals surface area contributed by atoms with E-state index in [0.29, 0.717) is 41.4 Å². The van der Waals surface area contributed by atoms with Crippen LogP contribution in [0.25, 0.3) is 0 Å². The molecule has 1 aromatic carbocycles. The van der Waals surface area contributed by atoms with E-state index in [1.165, 1.54) is 39.5 Å². The summed E-state index contributed by atoms with van der Waals surface area (Å²) in [6, 6.07) is 6.93. The van der Waals surface area contributed by atoms with E-state index in [4.69, 9.17) is 19.5 Å². The topological polar surface area (TPSA) is 88.9 Å². The highest BCUT2D eigenvalue weighted by Gasteiger charge is 2.54. The zero-order valence-electron chi connectivity index (χ0n) is 18.3. The molecule has 0 N–H and O–H groups in total. The van der Waals surface area contributed by atoms with Crippen LogP contribution in [-0.4, -0.2) is 49.7 Å². The Morgan fingerprint density at radius 2 is 1.68 bits per heavy atom. The molecule has 0 aromatic heterocycles. The Kier molecular flexibility index (Phi) is 6.08. The molecule has 7 heteroatoms. The van der Waals surface area contributed by atoms with E-state index < -0.39 is 5.97 Å². The van der Waals surface area contributed by atoms with Crippen molar-refractivity contribution in [3.8, 4) is 17.6 Å². The number of benzene rings is 1. The number of carbonyl (C=O) groups is 2. The maximum absolute atomic E-state index is 13.2. The fraction of sp³-hybridized carbons (Fsp3) is 0.625. The van der Waals surface area contributed by atoms with Gasteiger partial charge in [-0.3, -0.25) is 4.79 Å². The van der Waals surface area contributed by atoms with Gasteiger partial charge >= 0.3 is 5.97 Å². The average Bonchev–Trinajstić information content (AvgIpc) is 2.76. The quantitative estimate of drug-likeness (QED) is 0.591. The second-order valence-corrected chi connectivity index (χ2v) is 9.24. The van der Waals surface area contributed by atoms with Gasteiger partial charge in [-0.15, -0.1) is 0 Å². The van der Waals surface area contributed by atoms with Gasteiger partial charge in [0.05, 0.1) is 32.3 Å². The van der Waals surface area contributed by atoms with Crippen molar-refractivity contribution in [3.05, 3.63) is 23.8 Å². The van der Waals surface area contributed by atoms with Crippen molar-refractivity contribution in [1.82, 2.24) is 4.90 Å². The molecule has 1 amide bonds. The lowest BCUT2D eigenvalue weighted by molar-refractivity contribution is -0.153. The molecule has 0 saturated heterocycles. The predicted molar refractivity (Wildman–Crippen MR) is 113 cm³/mol. The molecule has 0 heterocycles. The van der Waals surface area contributed by atoms with Gasteiger partial charge in [0.15, 0.2) is 18.1 Å². The van der Waals surface area contributed by atoms with Gasteiger partial charge < -0.3 is 19.1 Å². The highest BCUT2D eigenvalue weighted by Crippen LogP contribution is 2.57. The minimum atomic E-state index is -0.583. The lowest BCUT2D eigenvalue weighted by Crippen LogP contribution is -2.62. The summed E-state index contributed by atoms with van der Waals surface area (Å²) in [5.41, 5.74) is 0.127. The molecule has 166 valence electrons. The predicted octanol–water partition coefficient (Wildman–Crippen LogP) is 3.57. The maximum Gasteiger partial charge on any atom is 0.338 e. The molecular weight excluding hydrogens is 396 g/mol. The van der Waals surface area contributed by atoms with Crippen molar-refractivity contribution in [2.45, 2.75) is 50.5 Å². The van der Waals surface area contributed by atoms with Gasteiger partial charge in [0.1, 0.15) is 0 Å². The van der Waals surface area contributed by atoms with E-state index in [2.05, 4.69) is 6.07 Å². The molecule has 0 atom stereocenters. The number of rotatable bonds is 8. The Balaban J connectivity index is 1.45. The molecule has 0 aliphatic heterocycles. The second kappa shape index (κ2) is 8.78. The number of carbonyl (C=O) groups excluding carboxylic acids is 2. The first-order valence-electron chi connectivity index (χ1n) is 11.0. The van der Waals surface area contributed by atoms with Crippen molar-refractivity contribution < 1.29 is 23.8 Å².